The molecule has 8 rings (SSSR count). The Morgan fingerprint density at radius 3 is 2.48 bits per heavy atom. The Hall–Kier alpha value is -2.10. The van der Waals surface area contributed by atoms with Gasteiger partial charge in [0.25, 0.3) is 5.91 Å². The molecule has 4 bridgehead atoms. The van der Waals surface area contributed by atoms with Gasteiger partial charge in [0.15, 0.2) is 0 Å². The summed E-state index contributed by atoms with van der Waals surface area (Å²) < 4.78 is 0. The van der Waals surface area contributed by atoms with Crippen LogP contribution in [-0.4, -0.2) is 33.7 Å². The topological polar surface area (TPSA) is 40.6 Å². The number of benzene rings is 1. The maximum Gasteiger partial charge on any atom is 0.259 e. The van der Waals surface area contributed by atoms with Gasteiger partial charge in [0, 0.05) is 28.9 Å². The van der Waals surface area contributed by atoms with Crippen molar-refractivity contribution in [3.8, 4) is 0 Å². The smallest absolute Gasteiger partial charge is 0.259 e. The molecule has 4 saturated carbocycles. The summed E-state index contributed by atoms with van der Waals surface area (Å²) in [5, 5.41) is 0. The number of carbonyl (C=O) groups excluding carboxylic acids is 2. The van der Waals surface area contributed by atoms with E-state index < -0.39 is 0 Å². The minimum atomic E-state index is -0.208. The van der Waals surface area contributed by atoms with E-state index in [1.807, 2.05) is 18.2 Å². The molecule has 3 aliphatic heterocycles. The van der Waals surface area contributed by atoms with Gasteiger partial charge in [-0.1, -0.05) is 18.2 Å². The highest BCUT2D eigenvalue weighted by Gasteiger charge is 2.66. The summed E-state index contributed by atoms with van der Waals surface area (Å²) >= 11 is 0. The van der Waals surface area contributed by atoms with Crippen molar-refractivity contribution in [1.82, 2.24) is 9.80 Å². The van der Waals surface area contributed by atoms with Gasteiger partial charge in [-0.05, 0) is 69.3 Å². The van der Waals surface area contributed by atoms with Crippen molar-refractivity contribution in [1.29, 1.82) is 0 Å². The second kappa shape index (κ2) is 4.48. The normalized spacial score (nSPS) is 43.6. The Morgan fingerprint density at radius 2 is 1.70 bits per heavy atom. The van der Waals surface area contributed by atoms with Crippen molar-refractivity contribution in [3.63, 3.8) is 0 Å². The number of hydrogen-bond donors (Lipinski definition) is 0. The summed E-state index contributed by atoms with van der Waals surface area (Å²) in [5.41, 5.74) is 3.77. The highest BCUT2D eigenvalue weighted by atomic mass is 16.2. The second-order valence-corrected chi connectivity index (χ2v) is 10.0. The Morgan fingerprint density at radius 1 is 0.963 bits per heavy atom. The van der Waals surface area contributed by atoms with Crippen LogP contribution in [0.25, 0.3) is 5.70 Å². The molecule has 4 nitrogen and oxygen atoms in total. The van der Waals surface area contributed by atoms with Crippen LogP contribution in [0, 0.1) is 17.3 Å². The zero-order chi connectivity index (χ0) is 18.0. The zero-order valence-electron chi connectivity index (χ0n) is 15.5. The molecule has 1 aromatic carbocycles. The molecule has 5 fully saturated rings. The predicted molar refractivity (Wildman–Crippen MR) is 100 cm³/mol. The van der Waals surface area contributed by atoms with Crippen LogP contribution < -0.4 is 0 Å². The first kappa shape index (κ1) is 14.9. The molecule has 4 heteroatoms. The fourth-order valence-electron chi connectivity index (χ4n) is 8.11. The summed E-state index contributed by atoms with van der Waals surface area (Å²) in [4.78, 5) is 31.8. The summed E-state index contributed by atoms with van der Waals surface area (Å²) in [5.74, 6) is 1.79. The molecule has 0 aromatic heterocycles. The van der Waals surface area contributed by atoms with Crippen molar-refractivity contribution in [2.24, 2.45) is 17.3 Å². The molecular formula is C23H24N2O2. The van der Waals surface area contributed by atoms with E-state index >= 15 is 0 Å². The van der Waals surface area contributed by atoms with E-state index in [0.29, 0.717) is 17.7 Å². The molecule has 2 amide bonds. The number of hydrogen-bond acceptors (Lipinski definition) is 2. The SMILES string of the molecule is O=C1c2ccccc2/C2=C3\CCCN3C(=O)C34CC5CC(C3)CC(C5)(C4)N12. The van der Waals surface area contributed by atoms with Crippen LogP contribution in [-0.2, 0) is 4.79 Å². The standard InChI is InChI=1S/C23H24N2O2/c26-20-17-5-2-1-4-16(17)19-18-6-3-7-24(18)21(27)22-9-14-8-15(10-22)12-23(11-14,13-22)25(19)20/h1-2,4-5,14-15H,3,6-13H2/b19-18-. The average molecular weight is 360 g/mol. The van der Waals surface area contributed by atoms with E-state index in [-0.39, 0.29) is 16.9 Å². The lowest BCUT2D eigenvalue weighted by Gasteiger charge is -2.65. The summed E-state index contributed by atoms with van der Waals surface area (Å²) in [6.45, 7) is 0.825. The van der Waals surface area contributed by atoms with Gasteiger partial charge >= 0.3 is 0 Å². The van der Waals surface area contributed by atoms with E-state index in [1.54, 1.807) is 0 Å². The van der Waals surface area contributed by atoms with E-state index in [9.17, 15) is 9.59 Å². The molecule has 1 aromatic rings. The summed E-state index contributed by atoms with van der Waals surface area (Å²) in [6, 6.07) is 8.08. The number of amides is 2. The van der Waals surface area contributed by atoms with Crippen molar-refractivity contribution in [2.45, 2.75) is 56.9 Å². The van der Waals surface area contributed by atoms with Crippen molar-refractivity contribution < 1.29 is 9.59 Å². The Balaban J connectivity index is 1.56. The van der Waals surface area contributed by atoms with Crippen LogP contribution in [0.2, 0.25) is 0 Å². The Kier molecular flexibility index (Phi) is 2.47. The van der Waals surface area contributed by atoms with Gasteiger partial charge in [-0.3, -0.25) is 14.5 Å². The van der Waals surface area contributed by atoms with E-state index in [4.69, 9.17) is 0 Å². The molecule has 2 unspecified atom stereocenters. The lowest BCUT2D eigenvalue weighted by molar-refractivity contribution is -0.165. The molecule has 1 saturated heterocycles. The van der Waals surface area contributed by atoms with Gasteiger partial charge in [-0.15, -0.1) is 0 Å². The van der Waals surface area contributed by atoms with Gasteiger partial charge in [0.2, 0.25) is 5.91 Å². The minimum Gasteiger partial charge on any atom is -0.314 e. The highest BCUT2D eigenvalue weighted by Crippen LogP contribution is 2.67. The van der Waals surface area contributed by atoms with Crippen LogP contribution in [0.1, 0.15) is 67.3 Å². The molecule has 2 atom stereocenters. The third kappa shape index (κ3) is 1.59. The molecule has 3 heterocycles. The summed E-state index contributed by atoms with van der Waals surface area (Å²) in [6.07, 6.45) is 8.37. The van der Waals surface area contributed by atoms with Gasteiger partial charge < -0.3 is 4.90 Å². The Labute approximate surface area is 159 Å². The van der Waals surface area contributed by atoms with Crippen LogP contribution in [0.5, 0.6) is 0 Å². The second-order valence-electron chi connectivity index (χ2n) is 10.0. The molecule has 7 aliphatic rings. The van der Waals surface area contributed by atoms with E-state index in [0.717, 1.165) is 74.0 Å². The number of nitrogens with zero attached hydrogens (tertiary/aromatic N) is 2. The summed E-state index contributed by atoms with van der Waals surface area (Å²) in [7, 11) is 0. The van der Waals surface area contributed by atoms with E-state index in [2.05, 4.69) is 15.9 Å². The maximum absolute atomic E-state index is 13.9. The first-order chi connectivity index (χ1) is 13.1. The van der Waals surface area contributed by atoms with Crippen molar-refractivity contribution in [3.05, 3.63) is 41.1 Å². The van der Waals surface area contributed by atoms with Crippen LogP contribution in [0.3, 0.4) is 0 Å². The molecule has 2 spiro atoms. The fourth-order valence-corrected chi connectivity index (χ4v) is 8.11. The third-order valence-electron chi connectivity index (χ3n) is 8.44. The van der Waals surface area contributed by atoms with Gasteiger partial charge in [0.1, 0.15) is 0 Å². The maximum atomic E-state index is 13.9. The number of rotatable bonds is 0. The van der Waals surface area contributed by atoms with Crippen LogP contribution in [0.4, 0.5) is 0 Å². The third-order valence-corrected chi connectivity index (χ3v) is 8.44. The van der Waals surface area contributed by atoms with Crippen LogP contribution in [0.15, 0.2) is 30.0 Å². The number of carbonyl (C=O) groups is 2. The Bertz CT molecular complexity index is 947. The molecular weight excluding hydrogens is 336 g/mol. The fraction of sp³-hybridized carbons (Fsp3) is 0.565. The van der Waals surface area contributed by atoms with E-state index in [1.165, 1.54) is 6.42 Å². The molecule has 0 N–H and O–H groups in total. The van der Waals surface area contributed by atoms with Crippen molar-refractivity contribution in [2.75, 3.05) is 6.54 Å². The lowest BCUT2D eigenvalue weighted by Crippen LogP contribution is -2.67. The largest absolute Gasteiger partial charge is 0.314 e. The number of fused-ring (bicyclic) bond motifs is 4. The lowest BCUT2D eigenvalue weighted by atomic mass is 9.46. The molecule has 4 aliphatic carbocycles. The average Bonchev–Trinajstić information content (AvgIpc) is 3.22. The zero-order valence-corrected chi connectivity index (χ0v) is 15.5. The quantitative estimate of drug-likeness (QED) is 0.706. The predicted octanol–water partition coefficient (Wildman–Crippen LogP) is 3.79. The van der Waals surface area contributed by atoms with Crippen molar-refractivity contribution >= 4 is 17.5 Å². The highest BCUT2D eigenvalue weighted by molar-refractivity contribution is 6.11. The first-order valence-corrected chi connectivity index (χ1v) is 10.6. The monoisotopic (exact) mass is 360 g/mol. The van der Waals surface area contributed by atoms with Gasteiger partial charge in [-0.2, -0.15) is 0 Å². The van der Waals surface area contributed by atoms with Gasteiger partial charge in [0.05, 0.1) is 11.1 Å². The van der Waals surface area contributed by atoms with Gasteiger partial charge in [-0.25, -0.2) is 0 Å². The number of allylic oxidation sites excluding steroid dienone is 1. The molecule has 138 valence electrons. The molecule has 0 radical (unpaired) electrons. The first-order valence-electron chi connectivity index (χ1n) is 10.6. The minimum absolute atomic E-state index is 0.132. The van der Waals surface area contributed by atoms with Crippen LogP contribution >= 0.6 is 0 Å². The molecule has 27 heavy (non-hydrogen) atoms.